The quantitative estimate of drug-likeness (QED) is 0.163. The minimum atomic E-state index is -2.19. The van der Waals surface area contributed by atoms with Gasteiger partial charge in [0.15, 0.2) is 28.7 Å². The summed E-state index contributed by atoms with van der Waals surface area (Å²) in [5, 5.41) is 93.0. The average Bonchev–Trinajstić information content (AvgIpc) is 2.96. The van der Waals surface area contributed by atoms with Crippen molar-refractivity contribution < 1.29 is 69.3 Å². The molecule has 1 aromatic heterocycles. The van der Waals surface area contributed by atoms with E-state index in [4.69, 9.17) is 23.4 Å². The van der Waals surface area contributed by atoms with Crippen LogP contribution in [-0.4, -0.2) is 113 Å². The second-order valence-corrected chi connectivity index (χ2v) is 10.7. The predicted octanol–water partition coefficient (Wildman–Crippen LogP) is -1.00. The van der Waals surface area contributed by atoms with Crippen LogP contribution in [0, 0.1) is 0 Å². The Morgan fingerprint density at radius 2 is 1.56 bits per heavy atom. The Hall–Kier alpha value is -3.51. The molecule has 0 aliphatic carbocycles. The van der Waals surface area contributed by atoms with Crippen LogP contribution in [-0.2, 0) is 14.2 Å². The number of aromatic hydroxyl groups is 3. The van der Waals surface area contributed by atoms with Crippen LogP contribution in [0.1, 0.15) is 13.8 Å². The van der Waals surface area contributed by atoms with Gasteiger partial charge in [-0.3, -0.25) is 4.79 Å². The van der Waals surface area contributed by atoms with E-state index >= 15 is 0 Å². The molecule has 2 aromatic carbocycles. The summed E-state index contributed by atoms with van der Waals surface area (Å²) in [6.45, 7) is 1.78. The third-order valence-electron chi connectivity index (χ3n) is 7.71. The van der Waals surface area contributed by atoms with E-state index in [0.29, 0.717) is 5.56 Å². The van der Waals surface area contributed by atoms with Crippen molar-refractivity contribution in [3.05, 3.63) is 46.6 Å². The Labute approximate surface area is 242 Å². The first-order valence-corrected chi connectivity index (χ1v) is 13.3. The van der Waals surface area contributed by atoms with E-state index in [0.717, 1.165) is 12.1 Å². The molecule has 2 fully saturated rings. The maximum absolute atomic E-state index is 13.1. The van der Waals surface area contributed by atoms with Crippen molar-refractivity contribution in [1.82, 2.24) is 0 Å². The molecule has 0 radical (unpaired) electrons. The number of aliphatic hydroxyl groups is 6. The van der Waals surface area contributed by atoms with E-state index in [9.17, 15) is 50.8 Å². The maximum Gasteiger partial charge on any atom is 0.232 e. The Balaban J connectivity index is 1.60. The molecule has 3 aromatic rings. The molecule has 234 valence electrons. The summed E-state index contributed by atoms with van der Waals surface area (Å²) in [4.78, 5) is 13.1. The van der Waals surface area contributed by atoms with Gasteiger partial charge in [-0.25, -0.2) is 0 Å². The highest BCUT2D eigenvalue weighted by Gasteiger charge is 2.58. The van der Waals surface area contributed by atoms with Crippen molar-refractivity contribution >= 4 is 11.0 Å². The van der Waals surface area contributed by atoms with Gasteiger partial charge >= 0.3 is 0 Å². The van der Waals surface area contributed by atoms with Gasteiger partial charge in [-0.1, -0.05) is 0 Å². The summed E-state index contributed by atoms with van der Waals surface area (Å²) >= 11 is 0. The van der Waals surface area contributed by atoms with Crippen LogP contribution < -0.4 is 10.2 Å². The van der Waals surface area contributed by atoms with Gasteiger partial charge in [0.2, 0.25) is 12.0 Å². The third kappa shape index (κ3) is 5.39. The van der Waals surface area contributed by atoms with E-state index in [1.165, 1.54) is 38.1 Å². The summed E-state index contributed by atoms with van der Waals surface area (Å²) in [7, 11) is 0. The second kappa shape index (κ2) is 11.5. The third-order valence-corrected chi connectivity index (χ3v) is 7.71. The molecule has 0 bridgehead atoms. The molecule has 10 unspecified atom stereocenters. The molecule has 9 N–H and O–H groups in total. The maximum atomic E-state index is 13.1. The lowest BCUT2D eigenvalue weighted by atomic mass is 9.87. The zero-order chi connectivity index (χ0) is 31.4. The number of aliphatic hydroxyl groups excluding tert-OH is 6. The smallest absolute Gasteiger partial charge is 0.232 e. The van der Waals surface area contributed by atoms with Crippen molar-refractivity contribution in [3.8, 4) is 34.3 Å². The van der Waals surface area contributed by atoms with Gasteiger partial charge in [0, 0.05) is 17.7 Å². The lowest BCUT2D eigenvalue weighted by Crippen LogP contribution is -2.70. The molecule has 15 nitrogen and oxygen atoms in total. The van der Waals surface area contributed by atoms with Crippen LogP contribution >= 0.6 is 0 Å². The average molecular weight is 609 g/mol. The summed E-state index contributed by atoms with van der Waals surface area (Å²) in [6.07, 6.45) is -14.8. The lowest BCUT2D eigenvalue weighted by Gasteiger charge is -2.51. The monoisotopic (exact) mass is 608 g/mol. The summed E-state index contributed by atoms with van der Waals surface area (Å²) in [6, 6.07) is 7.46. The summed E-state index contributed by atoms with van der Waals surface area (Å²) in [5.41, 5.74) is -3.05. The lowest BCUT2D eigenvalue weighted by molar-refractivity contribution is -0.386. The van der Waals surface area contributed by atoms with Crippen LogP contribution in [0.15, 0.2) is 45.6 Å². The number of hydrogen-bond acceptors (Lipinski definition) is 15. The van der Waals surface area contributed by atoms with Gasteiger partial charge in [-0.15, -0.1) is 0 Å². The fraction of sp³-hybridized carbons (Fsp3) is 0.464. The normalized spacial score (nSPS) is 34.7. The zero-order valence-corrected chi connectivity index (χ0v) is 22.8. The zero-order valence-electron chi connectivity index (χ0n) is 22.8. The Morgan fingerprint density at radius 1 is 0.884 bits per heavy atom. The fourth-order valence-corrected chi connectivity index (χ4v) is 5.11. The second-order valence-electron chi connectivity index (χ2n) is 10.7. The molecular weight excluding hydrogens is 576 g/mol. The molecule has 0 spiro atoms. The first-order valence-electron chi connectivity index (χ1n) is 13.3. The van der Waals surface area contributed by atoms with Gasteiger partial charge in [0.1, 0.15) is 59.3 Å². The molecule has 0 amide bonds. The first kappa shape index (κ1) is 30.9. The van der Waals surface area contributed by atoms with Crippen LogP contribution in [0.2, 0.25) is 0 Å². The first-order chi connectivity index (χ1) is 20.3. The van der Waals surface area contributed by atoms with E-state index in [2.05, 4.69) is 0 Å². The van der Waals surface area contributed by atoms with Gasteiger partial charge in [-0.2, -0.15) is 0 Å². The van der Waals surface area contributed by atoms with Crippen LogP contribution in [0.5, 0.6) is 23.0 Å². The summed E-state index contributed by atoms with van der Waals surface area (Å²) < 4.78 is 28.8. The highest BCUT2D eigenvalue weighted by atomic mass is 16.8. The van der Waals surface area contributed by atoms with Gasteiger partial charge in [-0.05, 0) is 38.1 Å². The molecule has 3 heterocycles. The van der Waals surface area contributed by atoms with Crippen LogP contribution in [0.3, 0.4) is 0 Å². The molecule has 2 aliphatic rings. The molecule has 2 aliphatic heterocycles. The van der Waals surface area contributed by atoms with E-state index in [1.54, 1.807) is 0 Å². The number of fused-ring (bicyclic) bond motifs is 1. The van der Waals surface area contributed by atoms with Crippen molar-refractivity contribution in [2.45, 2.75) is 74.8 Å². The number of hydrogen-bond donors (Lipinski definition) is 9. The minimum absolute atomic E-state index is 0.0418. The highest BCUT2D eigenvalue weighted by molar-refractivity contribution is 5.91. The Bertz CT molecular complexity index is 1520. The van der Waals surface area contributed by atoms with Crippen molar-refractivity contribution in [1.29, 1.82) is 0 Å². The molecule has 10 atom stereocenters. The molecule has 43 heavy (non-hydrogen) atoms. The standard InChI is InChI=1S/C28H32O15/c1-10-19(34)21(36)22(37)26(39-10)43-28(2)25(38)20(35)17(9-29)41-27(28)42-23-15(33)7-13(31)18-14(32)8-16(40-24(18)23)11-3-5-12(30)6-4-11/h3-8,10,17,19-22,25-27,29-31,33-38H,9H2,1-2H3. The molecule has 2 saturated heterocycles. The van der Waals surface area contributed by atoms with Gasteiger partial charge in [0.25, 0.3) is 0 Å². The predicted molar refractivity (Wildman–Crippen MR) is 143 cm³/mol. The molecule has 15 heteroatoms. The van der Waals surface area contributed by atoms with Gasteiger partial charge < -0.3 is 69.3 Å². The van der Waals surface area contributed by atoms with Crippen LogP contribution in [0.25, 0.3) is 22.3 Å². The number of rotatable bonds is 6. The van der Waals surface area contributed by atoms with E-state index in [1.807, 2.05) is 0 Å². The highest BCUT2D eigenvalue weighted by Crippen LogP contribution is 2.44. The van der Waals surface area contributed by atoms with Crippen LogP contribution in [0.4, 0.5) is 0 Å². The Morgan fingerprint density at radius 3 is 2.21 bits per heavy atom. The molecule has 0 saturated carbocycles. The Kier molecular flexibility index (Phi) is 8.30. The minimum Gasteiger partial charge on any atom is -0.508 e. The number of phenols is 3. The SMILES string of the molecule is CC1OC(OC2(C)C(Oc3c(O)cc(O)c4c(=O)cc(-c5ccc(O)cc5)oc34)OC(CO)C(O)C2O)C(O)C(O)C1O. The molecule has 5 rings (SSSR count). The number of phenolic OH excluding ortho intramolecular Hbond substituents is 3. The van der Waals surface area contributed by atoms with E-state index in [-0.39, 0.29) is 11.5 Å². The van der Waals surface area contributed by atoms with Crippen molar-refractivity contribution in [2.24, 2.45) is 0 Å². The fourth-order valence-electron chi connectivity index (χ4n) is 5.11. The largest absolute Gasteiger partial charge is 0.508 e. The molecular formula is C28H32O15. The number of ether oxygens (including phenoxy) is 4. The van der Waals surface area contributed by atoms with E-state index < -0.39 is 101 Å². The van der Waals surface area contributed by atoms with Gasteiger partial charge in [0.05, 0.1) is 12.7 Å². The topological polar surface area (TPSA) is 249 Å². The number of benzene rings is 2. The van der Waals surface area contributed by atoms with Crippen molar-refractivity contribution in [3.63, 3.8) is 0 Å². The van der Waals surface area contributed by atoms with Crippen molar-refractivity contribution in [2.75, 3.05) is 6.61 Å². The summed E-state index contributed by atoms with van der Waals surface area (Å²) in [5.74, 6) is -2.07.